The monoisotopic (exact) mass is 288 g/mol. The first-order valence-corrected chi connectivity index (χ1v) is 7.75. The van der Waals surface area contributed by atoms with Gasteiger partial charge in [-0.15, -0.1) is 0 Å². The van der Waals surface area contributed by atoms with E-state index in [1.54, 1.807) is 0 Å². The standard InChI is InChI=1S/C16H24N4O/c1-4-17-9-14-16(18-15-7-5-6-8-19(14)15)20-10-13(3)21-11-12(20)2/h5-8,12-13,17H,4,9-11H2,1-3H3. The van der Waals surface area contributed by atoms with E-state index in [0.717, 1.165) is 37.7 Å². The number of fused-ring (bicyclic) bond motifs is 1. The summed E-state index contributed by atoms with van der Waals surface area (Å²) >= 11 is 0. The summed E-state index contributed by atoms with van der Waals surface area (Å²) in [4.78, 5) is 7.25. The van der Waals surface area contributed by atoms with Gasteiger partial charge in [0.05, 0.1) is 24.4 Å². The molecule has 0 saturated carbocycles. The van der Waals surface area contributed by atoms with Crippen LogP contribution in [0.3, 0.4) is 0 Å². The van der Waals surface area contributed by atoms with Gasteiger partial charge in [0.2, 0.25) is 0 Å². The van der Waals surface area contributed by atoms with E-state index in [1.165, 1.54) is 5.69 Å². The van der Waals surface area contributed by atoms with Crippen LogP contribution in [0.1, 0.15) is 26.5 Å². The number of anilines is 1. The molecular formula is C16H24N4O. The van der Waals surface area contributed by atoms with Gasteiger partial charge in [0.25, 0.3) is 0 Å². The van der Waals surface area contributed by atoms with E-state index in [4.69, 9.17) is 9.72 Å². The van der Waals surface area contributed by atoms with Crippen molar-refractivity contribution in [2.24, 2.45) is 0 Å². The van der Waals surface area contributed by atoms with Crippen LogP contribution in [0.5, 0.6) is 0 Å². The van der Waals surface area contributed by atoms with Crippen LogP contribution >= 0.6 is 0 Å². The molecule has 114 valence electrons. The molecule has 2 unspecified atom stereocenters. The second-order valence-electron chi connectivity index (χ2n) is 5.74. The maximum absolute atomic E-state index is 5.75. The lowest BCUT2D eigenvalue weighted by atomic mass is 10.2. The molecule has 1 fully saturated rings. The van der Waals surface area contributed by atoms with Crippen LogP contribution in [0.4, 0.5) is 5.82 Å². The molecule has 0 radical (unpaired) electrons. The van der Waals surface area contributed by atoms with Crippen LogP contribution in [0.25, 0.3) is 5.65 Å². The summed E-state index contributed by atoms with van der Waals surface area (Å²) in [5.41, 5.74) is 2.24. The normalized spacial score (nSPS) is 22.9. The van der Waals surface area contributed by atoms with E-state index in [1.807, 2.05) is 6.07 Å². The van der Waals surface area contributed by atoms with Gasteiger partial charge in [0.15, 0.2) is 5.82 Å². The van der Waals surface area contributed by atoms with Gasteiger partial charge in [0, 0.05) is 19.3 Å². The number of rotatable bonds is 4. The number of imidazole rings is 1. The largest absolute Gasteiger partial charge is 0.375 e. The Kier molecular flexibility index (Phi) is 4.12. The third-order valence-electron chi connectivity index (χ3n) is 4.03. The molecule has 5 nitrogen and oxygen atoms in total. The lowest BCUT2D eigenvalue weighted by Gasteiger charge is -2.37. The minimum absolute atomic E-state index is 0.248. The molecule has 0 bridgehead atoms. The fourth-order valence-electron chi connectivity index (χ4n) is 2.87. The van der Waals surface area contributed by atoms with Crippen molar-refractivity contribution in [2.45, 2.75) is 39.5 Å². The number of morpholine rings is 1. The van der Waals surface area contributed by atoms with E-state index in [2.05, 4.69) is 53.7 Å². The highest BCUT2D eigenvalue weighted by Gasteiger charge is 2.28. The Morgan fingerprint density at radius 2 is 2.24 bits per heavy atom. The second kappa shape index (κ2) is 6.03. The third kappa shape index (κ3) is 2.76. The Balaban J connectivity index is 2.03. The van der Waals surface area contributed by atoms with Crippen LogP contribution < -0.4 is 10.2 Å². The van der Waals surface area contributed by atoms with Crippen molar-refractivity contribution in [1.82, 2.24) is 14.7 Å². The molecular weight excluding hydrogens is 264 g/mol. The molecule has 2 aromatic heterocycles. The molecule has 3 heterocycles. The summed E-state index contributed by atoms with van der Waals surface area (Å²) in [6.45, 7) is 9.89. The van der Waals surface area contributed by atoms with Crippen molar-refractivity contribution < 1.29 is 4.74 Å². The first kappa shape index (κ1) is 14.4. The van der Waals surface area contributed by atoms with Crippen LogP contribution in [0.2, 0.25) is 0 Å². The fourth-order valence-corrected chi connectivity index (χ4v) is 2.87. The molecule has 0 aromatic carbocycles. The van der Waals surface area contributed by atoms with Crippen LogP contribution in [0.15, 0.2) is 24.4 Å². The molecule has 1 N–H and O–H groups in total. The molecule has 3 rings (SSSR count). The predicted octanol–water partition coefficient (Wildman–Crippen LogP) is 2.06. The third-order valence-corrected chi connectivity index (χ3v) is 4.03. The number of pyridine rings is 1. The van der Waals surface area contributed by atoms with Crippen molar-refractivity contribution >= 4 is 11.5 Å². The summed E-state index contributed by atoms with van der Waals surface area (Å²) in [5.74, 6) is 1.09. The Bertz CT molecular complexity index is 609. The van der Waals surface area contributed by atoms with Gasteiger partial charge in [-0.1, -0.05) is 13.0 Å². The number of ether oxygens (including phenoxy) is 1. The number of hydrogen-bond donors (Lipinski definition) is 1. The quantitative estimate of drug-likeness (QED) is 0.935. The van der Waals surface area contributed by atoms with Gasteiger partial charge in [-0.3, -0.25) is 0 Å². The minimum atomic E-state index is 0.248. The van der Waals surface area contributed by atoms with Crippen molar-refractivity contribution in [3.05, 3.63) is 30.1 Å². The summed E-state index contributed by atoms with van der Waals surface area (Å²) in [6.07, 6.45) is 2.34. The van der Waals surface area contributed by atoms with E-state index >= 15 is 0 Å². The molecule has 5 heteroatoms. The van der Waals surface area contributed by atoms with Gasteiger partial charge in [-0.05, 0) is 32.5 Å². The van der Waals surface area contributed by atoms with Gasteiger partial charge in [-0.2, -0.15) is 0 Å². The maximum atomic E-state index is 5.75. The van der Waals surface area contributed by atoms with Crippen molar-refractivity contribution in [2.75, 3.05) is 24.6 Å². The Labute approximate surface area is 125 Å². The molecule has 21 heavy (non-hydrogen) atoms. The molecule has 2 atom stereocenters. The molecule has 1 saturated heterocycles. The summed E-state index contributed by atoms with van der Waals surface area (Å²) in [6, 6.07) is 6.51. The van der Waals surface area contributed by atoms with Gasteiger partial charge >= 0.3 is 0 Å². The van der Waals surface area contributed by atoms with E-state index in [0.29, 0.717) is 6.04 Å². The summed E-state index contributed by atoms with van der Waals surface area (Å²) in [7, 11) is 0. The second-order valence-corrected chi connectivity index (χ2v) is 5.74. The highest BCUT2D eigenvalue weighted by Crippen LogP contribution is 2.26. The SMILES string of the molecule is CCNCc1c(N2CC(C)OCC2C)nc2ccccn12. The molecule has 2 aromatic rings. The number of nitrogens with zero attached hydrogens (tertiary/aromatic N) is 3. The number of nitrogens with one attached hydrogen (secondary N) is 1. The molecule has 0 aliphatic carbocycles. The van der Waals surface area contributed by atoms with E-state index in [9.17, 15) is 0 Å². The van der Waals surface area contributed by atoms with E-state index in [-0.39, 0.29) is 6.10 Å². The minimum Gasteiger partial charge on any atom is -0.375 e. The van der Waals surface area contributed by atoms with E-state index < -0.39 is 0 Å². The highest BCUT2D eigenvalue weighted by molar-refractivity contribution is 5.56. The van der Waals surface area contributed by atoms with Crippen LogP contribution in [-0.4, -0.2) is 41.2 Å². The summed E-state index contributed by atoms with van der Waals surface area (Å²) in [5, 5.41) is 3.43. The Morgan fingerprint density at radius 3 is 3.05 bits per heavy atom. The molecule has 1 aliphatic rings. The average molecular weight is 288 g/mol. The van der Waals surface area contributed by atoms with Gasteiger partial charge in [-0.25, -0.2) is 4.98 Å². The molecule has 0 spiro atoms. The number of aromatic nitrogens is 2. The predicted molar refractivity (Wildman–Crippen MR) is 84.8 cm³/mol. The van der Waals surface area contributed by atoms with Crippen molar-refractivity contribution in [3.63, 3.8) is 0 Å². The first-order valence-electron chi connectivity index (χ1n) is 7.75. The Morgan fingerprint density at radius 1 is 1.38 bits per heavy atom. The topological polar surface area (TPSA) is 41.8 Å². The maximum Gasteiger partial charge on any atom is 0.152 e. The lowest BCUT2D eigenvalue weighted by molar-refractivity contribution is 0.0340. The zero-order chi connectivity index (χ0) is 14.8. The average Bonchev–Trinajstić information content (AvgIpc) is 2.86. The zero-order valence-corrected chi connectivity index (χ0v) is 13.0. The Hall–Kier alpha value is -1.59. The van der Waals surface area contributed by atoms with Crippen LogP contribution in [0, 0.1) is 0 Å². The zero-order valence-electron chi connectivity index (χ0n) is 13.0. The highest BCUT2D eigenvalue weighted by atomic mass is 16.5. The summed E-state index contributed by atoms with van der Waals surface area (Å²) < 4.78 is 7.93. The lowest BCUT2D eigenvalue weighted by Crippen LogP contribution is -2.48. The first-order chi connectivity index (χ1) is 10.2. The smallest absolute Gasteiger partial charge is 0.152 e. The molecule has 0 amide bonds. The van der Waals surface area contributed by atoms with Gasteiger partial charge in [0.1, 0.15) is 5.65 Å². The van der Waals surface area contributed by atoms with Crippen molar-refractivity contribution in [1.29, 1.82) is 0 Å². The number of hydrogen-bond acceptors (Lipinski definition) is 4. The fraction of sp³-hybridized carbons (Fsp3) is 0.562. The van der Waals surface area contributed by atoms with Crippen LogP contribution in [-0.2, 0) is 11.3 Å². The molecule has 1 aliphatic heterocycles. The van der Waals surface area contributed by atoms with Crippen molar-refractivity contribution in [3.8, 4) is 0 Å². The van der Waals surface area contributed by atoms with Gasteiger partial charge < -0.3 is 19.4 Å².